The third-order valence-corrected chi connectivity index (χ3v) is 6.15. The molecule has 1 amide bonds. The zero-order chi connectivity index (χ0) is 19.2. The number of halogens is 1. The van der Waals surface area contributed by atoms with E-state index in [2.05, 4.69) is 55.3 Å². The van der Waals surface area contributed by atoms with Gasteiger partial charge in [-0.3, -0.25) is 4.79 Å². The number of H-pyrrole nitrogens is 1. The second kappa shape index (κ2) is 6.52. The smallest absolute Gasteiger partial charge is 0.251 e. The van der Waals surface area contributed by atoms with Gasteiger partial charge in [-0.15, -0.1) is 0 Å². The van der Waals surface area contributed by atoms with Gasteiger partial charge in [-0.1, -0.05) is 32.0 Å². The molecule has 1 heterocycles. The Bertz CT molecular complexity index is 987. The fourth-order valence-corrected chi connectivity index (χ4v) is 4.60. The predicted octanol–water partition coefficient (Wildman–Crippen LogP) is 5.18. The Kier molecular flexibility index (Phi) is 4.29. The number of carbonyl (C=O) groups excluding carboxylic acids is 1. The van der Waals surface area contributed by atoms with Crippen molar-refractivity contribution in [2.75, 3.05) is 6.54 Å². The van der Waals surface area contributed by atoms with Crippen LogP contribution in [0.5, 0.6) is 0 Å². The number of nitrogens with one attached hydrogen (secondary N) is 2. The van der Waals surface area contributed by atoms with E-state index in [-0.39, 0.29) is 17.1 Å². The maximum absolute atomic E-state index is 13.0. The summed E-state index contributed by atoms with van der Waals surface area (Å²) in [5.41, 5.74) is 4.57. The molecule has 2 atom stereocenters. The molecule has 3 nitrogen and oxygen atoms in total. The number of para-hydroxylation sites is 1. The molecule has 27 heavy (non-hydrogen) atoms. The molecule has 1 saturated carbocycles. The maximum atomic E-state index is 13.0. The van der Waals surface area contributed by atoms with Crippen molar-refractivity contribution in [2.24, 2.45) is 11.3 Å². The molecule has 1 aromatic heterocycles. The minimum Gasteiger partial charge on any atom is -0.358 e. The molecule has 2 aromatic carbocycles. The van der Waals surface area contributed by atoms with E-state index in [0.717, 1.165) is 6.42 Å². The maximum Gasteiger partial charge on any atom is 0.251 e. The summed E-state index contributed by atoms with van der Waals surface area (Å²) in [6.45, 7) is 7.40. The van der Waals surface area contributed by atoms with Crippen LogP contribution in [0.1, 0.15) is 47.8 Å². The number of aromatic nitrogens is 1. The molecule has 0 radical (unpaired) electrons. The highest BCUT2D eigenvalue weighted by atomic mass is 19.1. The second-order valence-corrected chi connectivity index (χ2v) is 8.17. The van der Waals surface area contributed by atoms with E-state index in [1.165, 1.54) is 46.4 Å². The van der Waals surface area contributed by atoms with Crippen molar-refractivity contribution < 1.29 is 9.18 Å². The molecule has 4 heteroatoms. The van der Waals surface area contributed by atoms with Gasteiger partial charge >= 0.3 is 0 Å². The second-order valence-electron chi connectivity index (χ2n) is 8.17. The summed E-state index contributed by atoms with van der Waals surface area (Å²) in [5.74, 6) is 0.553. The summed E-state index contributed by atoms with van der Waals surface area (Å²) in [6.07, 6.45) is 0.934. The van der Waals surface area contributed by atoms with Gasteiger partial charge < -0.3 is 10.3 Å². The monoisotopic (exact) mass is 364 g/mol. The van der Waals surface area contributed by atoms with E-state index in [1.807, 2.05) is 0 Å². The zero-order valence-electron chi connectivity index (χ0n) is 16.0. The van der Waals surface area contributed by atoms with E-state index in [9.17, 15) is 9.18 Å². The first-order valence-electron chi connectivity index (χ1n) is 9.50. The Hall–Kier alpha value is -2.62. The fourth-order valence-electron chi connectivity index (χ4n) is 4.60. The molecule has 1 fully saturated rings. The molecule has 1 aliphatic rings. The molecule has 140 valence electrons. The summed E-state index contributed by atoms with van der Waals surface area (Å²) < 4.78 is 13.0. The lowest BCUT2D eigenvalue weighted by molar-refractivity contribution is 0.0952. The quantitative estimate of drug-likeness (QED) is 0.644. The zero-order valence-corrected chi connectivity index (χ0v) is 16.0. The number of hydrogen-bond donors (Lipinski definition) is 2. The Morgan fingerprint density at radius 3 is 2.59 bits per heavy atom. The molecule has 0 bridgehead atoms. The van der Waals surface area contributed by atoms with Crippen LogP contribution in [0.3, 0.4) is 0 Å². The van der Waals surface area contributed by atoms with Gasteiger partial charge in [-0.05, 0) is 66.5 Å². The number of carbonyl (C=O) groups is 1. The van der Waals surface area contributed by atoms with Crippen molar-refractivity contribution in [2.45, 2.75) is 33.1 Å². The number of benzene rings is 2. The van der Waals surface area contributed by atoms with E-state index < -0.39 is 0 Å². The van der Waals surface area contributed by atoms with Crippen LogP contribution >= 0.6 is 0 Å². The third kappa shape index (κ3) is 3.14. The third-order valence-electron chi connectivity index (χ3n) is 6.15. The average molecular weight is 364 g/mol. The largest absolute Gasteiger partial charge is 0.358 e. The predicted molar refractivity (Wildman–Crippen MR) is 106 cm³/mol. The van der Waals surface area contributed by atoms with E-state index >= 15 is 0 Å². The highest BCUT2D eigenvalue weighted by Crippen LogP contribution is 2.67. The fraction of sp³-hybridized carbons (Fsp3) is 0.348. The minimum atomic E-state index is -0.330. The van der Waals surface area contributed by atoms with Gasteiger partial charge in [0.05, 0.1) is 0 Å². The molecular weight excluding hydrogens is 339 g/mol. The molecule has 0 aliphatic heterocycles. The van der Waals surface area contributed by atoms with Crippen molar-refractivity contribution in [3.8, 4) is 0 Å². The number of aromatic amines is 1. The Morgan fingerprint density at radius 2 is 1.85 bits per heavy atom. The number of aryl methyl sites for hydroxylation is 1. The van der Waals surface area contributed by atoms with Crippen molar-refractivity contribution >= 4 is 16.8 Å². The SMILES string of the molecule is Cc1[nH]c2ccccc2c1[C@@H]1[C@@H](CCNC(=O)c2ccc(F)cc2)C1(C)C. The van der Waals surface area contributed by atoms with Crippen LogP contribution in [-0.4, -0.2) is 17.4 Å². The normalized spacial score (nSPS) is 20.6. The van der Waals surface area contributed by atoms with Gasteiger partial charge in [0.2, 0.25) is 0 Å². The first-order valence-corrected chi connectivity index (χ1v) is 9.50. The number of hydrogen-bond acceptors (Lipinski definition) is 1. The summed E-state index contributed by atoms with van der Waals surface area (Å²) in [5, 5.41) is 4.29. The summed E-state index contributed by atoms with van der Waals surface area (Å²) in [6, 6.07) is 14.1. The summed E-state index contributed by atoms with van der Waals surface area (Å²) in [4.78, 5) is 15.7. The van der Waals surface area contributed by atoms with Gasteiger partial charge in [0.1, 0.15) is 5.82 Å². The molecule has 0 spiro atoms. The van der Waals surface area contributed by atoms with Crippen LogP contribution in [-0.2, 0) is 0 Å². The van der Waals surface area contributed by atoms with Crippen LogP contribution < -0.4 is 5.32 Å². The summed E-state index contributed by atoms with van der Waals surface area (Å²) >= 11 is 0. The van der Waals surface area contributed by atoms with Crippen LogP contribution in [0.4, 0.5) is 4.39 Å². The van der Waals surface area contributed by atoms with Gasteiger partial charge in [0.15, 0.2) is 0 Å². The van der Waals surface area contributed by atoms with Crippen molar-refractivity contribution in [1.82, 2.24) is 10.3 Å². The number of rotatable bonds is 5. The number of amides is 1. The molecular formula is C23H25FN2O. The van der Waals surface area contributed by atoms with Crippen LogP contribution in [0.25, 0.3) is 10.9 Å². The van der Waals surface area contributed by atoms with E-state index in [4.69, 9.17) is 0 Å². The lowest BCUT2D eigenvalue weighted by Gasteiger charge is -2.06. The van der Waals surface area contributed by atoms with Crippen molar-refractivity contribution in [1.29, 1.82) is 0 Å². The van der Waals surface area contributed by atoms with E-state index in [0.29, 0.717) is 23.9 Å². The van der Waals surface area contributed by atoms with Crippen LogP contribution in [0.15, 0.2) is 48.5 Å². The van der Waals surface area contributed by atoms with Crippen molar-refractivity contribution in [3.63, 3.8) is 0 Å². The number of fused-ring (bicyclic) bond motifs is 1. The highest BCUT2D eigenvalue weighted by Gasteiger charge is 2.58. The van der Waals surface area contributed by atoms with E-state index in [1.54, 1.807) is 0 Å². The summed E-state index contributed by atoms with van der Waals surface area (Å²) in [7, 11) is 0. The molecule has 1 aliphatic carbocycles. The van der Waals surface area contributed by atoms with Crippen LogP contribution in [0.2, 0.25) is 0 Å². The van der Waals surface area contributed by atoms with Crippen molar-refractivity contribution in [3.05, 3.63) is 71.2 Å². The Balaban J connectivity index is 1.43. The molecule has 2 N–H and O–H groups in total. The average Bonchev–Trinajstić information content (AvgIpc) is 3.00. The first-order chi connectivity index (χ1) is 12.9. The minimum absolute atomic E-state index is 0.145. The van der Waals surface area contributed by atoms with Gasteiger partial charge in [-0.2, -0.15) is 0 Å². The Morgan fingerprint density at radius 1 is 1.15 bits per heavy atom. The molecule has 0 saturated heterocycles. The lowest BCUT2D eigenvalue weighted by Crippen LogP contribution is -2.25. The first kappa shape index (κ1) is 17.8. The van der Waals surface area contributed by atoms with Gasteiger partial charge in [0.25, 0.3) is 5.91 Å². The van der Waals surface area contributed by atoms with Gasteiger partial charge in [0, 0.05) is 28.7 Å². The molecule has 4 rings (SSSR count). The molecule has 3 aromatic rings. The van der Waals surface area contributed by atoms with Gasteiger partial charge in [-0.25, -0.2) is 4.39 Å². The highest BCUT2D eigenvalue weighted by molar-refractivity contribution is 5.94. The molecule has 0 unspecified atom stereocenters. The Labute approximate surface area is 159 Å². The topological polar surface area (TPSA) is 44.9 Å². The van der Waals surface area contributed by atoms with Crippen LogP contribution in [0, 0.1) is 24.1 Å². The standard InChI is InChI=1S/C23H25FN2O/c1-14-20(17-6-4-5-7-19(17)26-14)21-18(23(21,2)3)12-13-25-22(27)15-8-10-16(24)11-9-15/h4-11,18,21,26H,12-13H2,1-3H3,(H,25,27)/t18-,21+/m1/s1. The lowest BCUT2D eigenvalue weighted by atomic mass is 10.0.